The predicted octanol–water partition coefficient (Wildman–Crippen LogP) is 3.45. The van der Waals surface area contributed by atoms with Gasteiger partial charge in [0.2, 0.25) is 5.91 Å². The van der Waals surface area contributed by atoms with E-state index in [9.17, 15) is 4.79 Å². The highest BCUT2D eigenvalue weighted by Crippen LogP contribution is 2.37. The van der Waals surface area contributed by atoms with Gasteiger partial charge in [-0.15, -0.1) is 11.8 Å². The Hall–Kier alpha value is -2.25. The molecule has 22 heavy (non-hydrogen) atoms. The molecular formula is C18H16N2OS. The number of amides is 1. The van der Waals surface area contributed by atoms with Gasteiger partial charge in [0.25, 0.3) is 0 Å². The first-order valence-electron chi connectivity index (χ1n) is 7.22. The highest BCUT2D eigenvalue weighted by atomic mass is 32.2. The van der Waals surface area contributed by atoms with E-state index < -0.39 is 0 Å². The van der Waals surface area contributed by atoms with Crippen LogP contribution in [-0.4, -0.2) is 11.2 Å². The van der Waals surface area contributed by atoms with Crippen LogP contribution in [0.2, 0.25) is 0 Å². The van der Waals surface area contributed by atoms with Crippen LogP contribution in [0.4, 0.5) is 0 Å². The summed E-state index contributed by atoms with van der Waals surface area (Å²) in [6.07, 6.45) is 0.784. The van der Waals surface area contributed by atoms with Gasteiger partial charge in [0, 0.05) is 4.90 Å². The number of nitrogens with zero attached hydrogens (tertiary/aromatic N) is 1. The van der Waals surface area contributed by atoms with Crippen LogP contribution in [-0.2, 0) is 11.2 Å². The van der Waals surface area contributed by atoms with Crippen LogP contribution >= 0.6 is 11.8 Å². The largest absolute Gasteiger partial charge is 0.349 e. The number of rotatable bonds is 3. The Morgan fingerprint density at radius 3 is 2.68 bits per heavy atom. The SMILES string of the molecule is CC(NC(=O)C1Cc2ccccc2S1)c1ccc(C#N)cc1. The molecule has 0 saturated carbocycles. The van der Waals surface area contributed by atoms with Crippen molar-refractivity contribution >= 4 is 17.7 Å². The third kappa shape index (κ3) is 3.00. The van der Waals surface area contributed by atoms with Crippen LogP contribution in [0.25, 0.3) is 0 Å². The Balaban J connectivity index is 1.63. The summed E-state index contributed by atoms with van der Waals surface area (Å²) in [5.41, 5.74) is 2.88. The fourth-order valence-electron chi connectivity index (χ4n) is 2.56. The van der Waals surface area contributed by atoms with Gasteiger partial charge < -0.3 is 5.32 Å². The fraction of sp³-hybridized carbons (Fsp3) is 0.222. The minimum absolute atomic E-state index is 0.0572. The van der Waals surface area contributed by atoms with E-state index >= 15 is 0 Å². The van der Waals surface area contributed by atoms with Crippen LogP contribution in [0, 0.1) is 11.3 Å². The predicted molar refractivity (Wildman–Crippen MR) is 87.5 cm³/mol. The van der Waals surface area contributed by atoms with Crippen molar-refractivity contribution in [2.75, 3.05) is 0 Å². The van der Waals surface area contributed by atoms with Crippen molar-refractivity contribution in [2.45, 2.75) is 29.5 Å². The summed E-state index contributed by atoms with van der Waals surface area (Å²) in [6, 6.07) is 17.5. The van der Waals surface area contributed by atoms with Crippen molar-refractivity contribution in [3.63, 3.8) is 0 Å². The lowest BCUT2D eigenvalue weighted by Gasteiger charge is -2.17. The molecule has 1 heterocycles. The van der Waals surface area contributed by atoms with Crippen LogP contribution in [0.3, 0.4) is 0 Å². The molecule has 110 valence electrons. The third-order valence-electron chi connectivity index (χ3n) is 3.84. The number of carbonyl (C=O) groups excluding carboxylic acids is 1. The lowest BCUT2D eigenvalue weighted by atomic mass is 10.1. The van der Waals surface area contributed by atoms with Crippen LogP contribution in [0.15, 0.2) is 53.4 Å². The normalized spacial score (nSPS) is 17.4. The number of carbonyl (C=O) groups is 1. The van der Waals surface area contributed by atoms with E-state index in [2.05, 4.69) is 23.5 Å². The molecule has 0 saturated heterocycles. The molecule has 2 aromatic carbocycles. The van der Waals surface area contributed by atoms with Gasteiger partial charge in [0.15, 0.2) is 0 Å². The molecule has 2 atom stereocenters. The van der Waals surface area contributed by atoms with Gasteiger partial charge >= 0.3 is 0 Å². The fourth-order valence-corrected chi connectivity index (χ4v) is 3.77. The second-order valence-electron chi connectivity index (χ2n) is 5.38. The molecular weight excluding hydrogens is 292 g/mol. The van der Waals surface area contributed by atoms with Gasteiger partial charge in [-0.25, -0.2) is 0 Å². The highest BCUT2D eigenvalue weighted by Gasteiger charge is 2.28. The Morgan fingerprint density at radius 1 is 1.27 bits per heavy atom. The van der Waals surface area contributed by atoms with E-state index in [0.717, 1.165) is 12.0 Å². The number of fused-ring (bicyclic) bond motifs is 1. The van der Waals surface area contributed by atoms with Crippen LogP contribution in [0.5, 0.6) is 0 Å². The maximum Gasteiger partial charge on any atom is 0.234 e. The molecule has 4 heteroatoms. The molecule has 2 aromatic rings. The molecule has 1 aliphatic heterocycles. The Kier molecular flexibility index (Phi) is 4.17. The summed E-state index contributed by atoms with van der Waals surface area (Å²) in [4.78, 5) is 13.6. The maximum absolute atomic E-state index is 12.4. The quantitative estimate of drug-likeness (QED) is 0.945. The van der Waals surface area contributed by atoms with Gasteiger partial charge in [-0.2, -0.15) is 5.26 Å². The maximum atomic E-state index is 12.4. The van der Waals surface area contributed by atoms with Gasteiger partial charge in [0.1, 0.15) is 0 Å². The Morgan fingerprint density at radius 2 is 2.00 bits per heavy atom. The second-order valence-corrected chi connectivity index (χ2v) is 6.63. The number of nitrogens with one attached hydrogen (secondary N) is 1. The second kappa shape index (κ2) is 6.25. The summed E-state index contributed by atoms with van der Waals surface area (Å²) in [5, 5.41) is 11.8. The number of nitriles is 1. The summed E-state index contributed by atoms with van der Waals surface area (Å²) >= 11 is 1.63. The molecule has 0 spiro atoms. The first-order chi connectivity index (χ1) is 10.7. The molecule has 0 bridgehead atoms. The van der Waals surface area contributed by atoms with Crippen molar-refractivity contribution in [3.8, 4) is 6.07 Å². The third-order valence-corrected chi connectivity index (χ3v) is 5.16. The van der Waals surface area contributed by atoms with Crippen molar-refractivity contribution < 1.29 is 4.79 Å². The molecule has 0 aromatic heterocycles. The molecule has 3 nitrogen and oxygen atoms in total. The van der Waals surface area contributed by atoms with Crippen molar-refractivity contribution in [1.29, 1.82) is 5.26 Å². The zero-order valence-electron chi connectivity index (χ0n) is 12.2. The van der Waals surface area contributed by atoms with E-state index in [4.69, 9.17) is 5.26 Å². The smallest absolute Gasteiger partial charge is 0.234 e. The van der Waals surface area contributed by atoms with E-state index in [0.29, 0.717) is 5.56 Å². The standard InChI is InChI=1S/C18H16N2OS/c1-12(14-8-6-13(11-19)7-9-14)20-18(21)17-10-15-4-2-3-5-16(15)22-17/h2-9,12,17H,10H2,1H3,(H,20,21). The lowest BCUT2D eigenvalue weighted by Crippen LogP contribution is -2.34. The summed E-state index contributed by atoms with van der Waals surface area (Å²) in [6.45, 7) is 1.96. The number of hydrogen-bond acceptors (Lipinski definition) is 3. The lowest BCUT2D eigenvalue weighted by molar-refractivity contribution is -0.121. The molecule has 1 amide bonds. The molecule has 1 aliphatic rings. The molecule has 0 fully saturated rings. The number of hydrogen-bond donors (Lipinski definition) is 1. The minimum Gasteiger partial charge on any atom is -0.349 e. The first kappa shape index (κ1) is 14.7. The molecule has 1 N–H and O–H groups in total. The topological polar surface area (TPSA) is 52.9 Å². The van der Waals surface area contributed by atoms with Gasteiger partial charge in [0.05, 0.1) is 22.9 Å². The summed E-state index contributed by atoms with van der Waals surface area (Å²) < 4.78 is 0. The van der Waals surface area contributed by atoms with Crippen LogP contribution < -0.4 is 5.32 Å². The van der Waals surface area contributed by atoms with Crippen molar-refractivity contribution in [3.05, 3.63) is 65.2 Å². The van der Waals surface area contributed by atoms with E-state index in [1.54, 1.807) is 23.9 Å². The van der Waals surface area contributed by atoms with Gasteiger partial charge in [-0.1, -0.05) is 30.3 Å². The van der Waals surface area contributed by atoms with Crippen LogP contribution in [0.1, 0.15) is 29.7 Å². The Labute approximate surface area is 134 Å². The number of thioether (sulfide) groups is 1. The van der Waals surface area contributed by atoms with Crippen molar-refractivity contribution in [2.24, 2.45) is 0 Å². The minimum atomic E-state index is -0.0652. The highest BCUT2D eigenvalue weighted by molar-refractivity contribution is 8.01. The molecule has 2 unspecified atom stereocenters. The first-order valence-corrected chi connectivity index (χ1v) is 8.10. The van der Waals surface area contributed by atoms with Gasteiger partial charge in [-0.05, 0) is 42.7 Å². The average Bonchev–Trinajstić information content (AvgIpc) is 2.99. The molecule has 3 rings (SSSR count). The Bertz CT molecular complexity index is 708. The van der Waals surface area contributed by atoms with E-state index in [1.165, 1.54) is 10.5 Å². The van der Waals surface area contributed by atoms with Crippen molar-refractivity contribution in [1.82, 2.24) is 5.32 Å². The molecule has 0 aliphatic carbocycles. The summed E-state index contributed by atoms with van der Waals surface area (Å²) in [5.74, 6) is 0.0676. The summed E-state index contributed by atoms with van der Waals surface area (Å²) in [7, 11) is 0. The van der Waals surface area contributed by atoms with Gasteiger partial charge in [-0.3, -0.25) is 4.79 Å². The van der Waals surface area contributed by atoms with E-state index in [-0.39, 0.29) is 17.2 Å². The molecule has 0 radical (unpaired) electrons. The van der Waals surface area contributed by atoms with E-state index in [1.807, 2.05) is 31.2 Å². The average molecular weight is 308 g/mol. The number of benzene rings is 2. The zero-order chi connectivity index (χ0) is 15.5. The monoisotopic (exact) mass is 308 g/mol. The zero-order valence-corrected chi connectivity index (χ0v) is 13.1.